The van der Waals surface area contributed by atoms with Gasteiger partial charge in [0.25, 0.3) is 0 Å². The van der Waals surface area contributed by atoms with E-state index in [0.717, 1.165) is 6.42 Å². The molecule has 3 heterocycles. The van der Waals surface area contributed by atoms with Gasteiger partial charge in [0.2, 0.25) is 0 Å². The molecule has 3 heteroatoms. The van der Waals surface area contributed by atoms with E-state index < -0.39 is 0 Å². The maximum absolute atomic E-state index is 4.33. The van der Waals surface area contributed by atoms with Crippen LogP contribution in [0.5, 0.6) is 0 Å². The predicted molar refractivity (Wildman–Crippen MR) is 83.0 cm³/mol. The topological polar surface area (TPSA) is 30.7 Å². The average molecular weight is 275 g/mol. The van der Waals surface area contributed by atoms with Crippen LogP contribution in [0.1, 0.15) is 30.1 Å². The molecule has 0 spiro atoms. The molecule has 1 aromatic carbocycles. The summed E-state index contributed by atoms with van der Waals surface area (Å²) in [6.45, 7) is 0. The Balaban J connectivity index is 1.85. The van der Waals surface area contributed by atoms with E-state index in [0.29, 0.717) is 6.04 Å². The fourth-order valence-electron chi connectivity index (χ4n) is 3.30. The molecule has 0 radical (unpaired) electrons. The Morgan fingerprint density at radius 2 is 1.95 bits per heavy atom. The molecule has 1 aliphatic rings. The Bertz CT molecular complexity index is 746. The summed E-state index contributed by atoms with van der Waals surface area (Å²) in [7, 11) is 0. The van der Waals surface area contributed by atoms with Crippen molar-refractivity contribution in [3.8, 4) is 11.1 Å². The highest BCUT2D eigenvalue weighted by molar-refractivity contribution is 5.67. The number of benzene rings is 1. The maximum atomic E-state index is 4.33. The van der Waals surface area contributed by atoms with Crippen LogP contribution in [0.4, 0.5) is 0 Å². The van der Waals surface area contributed by atoms with Gasteiger partial charge >= 0.3 is 0 Å². The third kappa shape index (κ3) is 2.15. The molecule has 1 unspecified atom stereocenters. The van der Waals surface area contributed by atoms with Crippen LogP contribution in [0, 0.1) is 0 Å². The van der Waals surface area contributed by atoms with E-state index in [1.54, 1.807) is 0 Å². The molecule has 2 aromatic heterocycles. The summed E-state index contributed by atoms with van der Waals surface area (Å²) < 4.78 is 2.33. The van der Waals surface area contributed by atoms with Crippen molar-refractivity contribution >= 4 is 0 Å². The number of aryl methyl sites for hydroxylation is 1. The number of fused-ring (bicyclic) bond motifs is 1. The van der Waals surface area contributed by atoms with Crippen molar-refractivity contribution in [2.24, 2.45) is 0 Å². The van der Waals surface area contributed by atoms with Crippen LogP contribution in [-0.4, -0.2) is 14.5 Å². The molecular weight excluding hydrogens is 258 g/mol. The lowest BCUT2D eigenvalue weighted by Gasteiger charge is -2.27. The third-order valence-corrected chi connectivity index (χ3v) is 4.28. The summed E-state index contributed by atoms with van der Waals surface area (Å²) in [5, 5.41) is 0. The molecule has 104 valence electrons. The Hall–Kier alpha value is -2.42. The number of nitrogens with zero attached hydrogens (tertiary/aromatic N) is 3. The Morgan fingerprint density at radius 1 is 1.00 bits per heavy atom. The van der Waals surface area contributed by atoms with Crippen molar-refractivity contribution < 1.29 is 0 Å². The van der Waals surface area contributed by atoms with E-state index in [4.69, 9.17) is 0 Å². The first-order valence-electron chi connectivity index (χ1n) is 7.43. The van der Waals surface area contributed by atoms with E-state index in [-0.39, 0.29) is 0 Å². The number of aromatic nitrogens is 3. The molecular formula is C18H17N3. The van der Waals surface area contributed by atoms with Gasteiger partial charge in [-0.05, 0) is 36.5 Å². The van der Waals surface area contributed by atoms with Crippen molar-refractivity contribution in [3.63, 3.8) is 0 Å². The average Bonchev–Trinajstić information content (AvgIpc) is 3.04. The van der Waals surface area contributed by atoms with Crippen molar-refractivity contribution in [2.75, 3.05) is 0 Å². The minimum absolute atomic E-state index is 0.382. The van der Waals surface area contributed by atoms with Crippen LogP contribution >= 0.6 is 0 Å². The molecule has 0 amide bonds. The van der Waals surface area contributed by atoms with Crippen molar-refractivity contribution in [1.29, 1.82) is 0 Å². The monoisotopic (exact) mass is 275 g/mol. The molecule has 0 saturated heterocycles. The molecule has 3 aromatic rings. The summed E-state index contributed by atoms with van der Waals surface area (Å²) in [6.07, 6.45) is 11.2. The quantitative estimate of drug-likeness (QED) is 0.710. The number of hydrogen-bond acceptors (Lipinski definition) is 2. The molecule has 3 nitrogen and oxygen atoms in total. The van der Waals surface area contributed by atoms with Gasteiger partial charge in [0, 0.05) is 29.8 Å². The summed E-state index contributed by atoms with van der Waals surface area (Å²) in [4.78, 5) is 8.60. The van der Waals surface area contributed by atoms with Gasteiger partial charge in [-0.15, -0.1) is 0 Å². The first kappa shape index (κ1) is 12.3. The second-order valence-electron chi connectivity index (χ2n) is 5.53. The molecule has 4 rings (SSSR count). The first-order chi connectivity index (χ1) is 10.4. The van der Waals surface area contributed by atoms with Crippen LogP contribution in [-0.2, 0) is 6.42 Å². The fraction of sp³-hybridized carbons (Fsp3) is 0.222. The fourth-order valence-corrected chi connectivity index (χ4v) is 3.30. The summed E-state index contributed by atoms with van der Waals surface area (Å²) >= 11 is 0. The van der Waals surface area contributed by atoms with Gasteiger partial charge in [-0.2, -0.15) is 0 Å². The summed E-state index contributed by atoms with van der Waals surface area (Å²) in [5.41, 5.74) is 5.16. The van der Waals surface area contributed by atoms with Crippen molar-refractivity contribution in [2.45, 2.75) is 25.3 Å². The van der Waals surface area contributed by atoms with E-state index in [1.165, 1.54) is 35.2 Å². The zero-order chi connectivity index (χ0) is 14.1. The molecule has 1 atom stereocenters. The molecule has 0 N–H and O–H groups in total. The summed E-state index contributed by atoms with van der Waals surface area (Å²) in [6, 6.07) is 13.2. The number of imidazole rings is 1. The highest BCUT2D eigenvalue weighted by Gasteiger charge is 2.23. The summed E-state index contributed by atoms with van der Waals surface area (Å²) in [5.74, 6) is 0. The van der Waals surface area contributed by atoms with Crippen molar-refractivity contribution in [3.05, 3.63) is 72.6 Å². The Labute approximate surface area is 124 Å². The van der Waals surface area contributed by atoms with E-state index in [2.05, 4.69) is 44.9 Å². The normalized spacial score (nSPS) is 17.4. The molecule has 0 bridgehead atoms. The number of rotatable bonds is 2. The van der Waals surface area contributed by atoms with Crippen molar-refractivity contribution in [1.82, 2.24) is 14.5 Å². The van der Waals surface area contributed by atoms with Crippen LogP contribution in [0.3, 0.4) is 0 Å². The van der Waals surface area contributed by atoms with Crippen LogP contribution in [0.25, 0.3) is 11.1 Å². The van der Waals surface area contributed by atoms with E-state index in [1.807, 2.05) is 31.0 Å². The predicted octanol–water partition coefficient (Wildman–Crippen LogP) is 3.87. The molecule has 0 fully saturated rings. The molecule has 1 aliphatic heterocycles. The number of pyridine rings is 1. The SMILES string of the molecule is c1cncc(-c2ccccc2C2CCCc3cncn32)c1. The van der Waals surface area contributed by atoms with Gasteiger partial charge in [-0.1, -0.05) is 30.3 Å². The van der Waals surface area contributed by atoms with E-state index >= 15 is 0 Å². The van der Waals surface area contributed by atoms with Gasteiger partial charge < -0.3 is 4.57 Å². The molecule has 0 saturated carbocycles. The lowest BCUT2D eigenvalue weighted by atomic mass is 9.90. The zero-order valence-corrected chi connectivity index (χ0v) is 11.8. The minimum Gasteiger partial charge on any atom is -0.327 e. The molecule has 21 heavy (non-hydrogen) atoms. The Morgan fingerprint density at radius 3 is 2.86 bits per heavy atom. The van der Waals surface area contributed by atoms with Crippen LogP contribution in [0.15, 0.2) is 61.3 Å². The van der Waals surface area contributed by atoms with Crippen LogP contribution in [0.2, 0.25) is 0 Å². The van der Waals surface area contributed by atoms with E-state index in [9.17, 15) is 0 Å². The van der Waals surface area contributed by atoms with Gasteiger partial charge in [0.1, 0.15) is 0 Å². The van der Waals surface area contributed by atoms with Crippen LogP contribution < -0.4 is 0 Å². The third-order valence-electron chi connectivity index (χ3n) is 4.28. The van der Waals surface area contributed by atoms with Gasteiger partial charge in [0.05, 0.1) is 12.4 Å². The zero-order valence-electron chi connectivity index (χ0n) is 11.8. The first-order valence-corrected chi connectivity index (χ1v) is 7.43. The smallest absolute Gasteiger partial charge is 0.0953 e. The standard InChI is InChI=1S/C18H17N3/c1-2-8-17(16(7-1)14-5-4-10-19-11-14)18-9-3-6-15-12-20-13-21(15)18/h1-2,4-5,7-8,10-13,18H,3,6,9H2. The highest BCUT2D eigenvalue weighted by Crippen LogP contribution is 2.35. The van der Waals surface area contributed by atoms with Gasteiger partial charge in [-0.25, -0.2) is 4.98 Å². The highest BCUT2D eigenvalue weighted by atomic mass is 15.1. The molecule has 0 aliphatic carbocycles. The lowest BCUT2D eigenvalue weighted by Crippen LogP contribution is -2.18. The largest absolute Gasteiger partial charge is 0.327 e. The minimum atomic E-state index is 0.382. The Kier molecular flexibility index (Phi) is 3.03. The number of hydrogen-bond donors (Lipinski definition) is 0. The van der Waals surface area contributed by atoms with Gasteiger partial charge in [-0.3, -0.25) is 4.98 Å². The second-order valence-corrected chi connectivity index (χ2v) is 5.53. The maximum Gasteiger partial charge on any atom is 0.0953 e. The lowest BCUT2D eigenvalue weighted by molar-refractivity contribution is 0.458. The second kappa shape index (κ2) is 5.17. The van der Waals surface area contributed by atoms with Gasteiger partial charge in [0.15, 0.2) is 0 Å².